The van der Waals surface area contributed by atoms with E-state index in [1.54, 1.807) is 0 Å². The zero-order chi connectivity index (χ0) is 9.68. The molecular weight excluding hydrogens is 163 g/mol. The van der Waals surface area contributed by atoms with E-state index >= 15 is 0 Å². The fourth-order valence-corrected chi connectivity index (χ4v) is 2.04. The molecule has 13 heavy (non-hydrogen) atoms. The van der Waals surface area contributed by atoms with Crippen LogP contribution in [0.2, 0.25) is 0 Å². The van der Waals surface area contributed by atoms with Crippen LogP contribution in [0.25, 0.3) is 0 Å². The highest BCUT2D eigenvalue weighted by atomic mass is 19.1. The summed E-state index contributed by atoms with van der Waals surface area (Å²) in [6, 6.07) is 0. The smallest absolute Gasteiger partial charge is 0.111 e. The number of hydrogen-bond acceptors (Lipinski definition) is 0. The van der Waals surface area contributed by atoms with Crippen molar-refractivity contribution >= 4 is 0 Å². The van der Waals surface area contributed by atoms with Crippen molar-refractivity contribution < 1.29 is 4.39 Å². The molecule has 1 atom stereocenters. The van der Waals surface area contributed by atoms with Crippen molar-refractivity contribution in [2.75, 3.05) is 6.67 Å². The number of halogens is 1. The van der Waals surface area contributed by atoms with Gasteiger partial charge < -0.3 is 0 Å². The van der Waals surface area contributed by atoms with Crippen LogP contribution in [0.1, 0.15) is 52.4 Å². The van der Waals surface area contributed by atoms with Gasteiger partial charge in [-0.15, -0.1) is 0 Å². The predicted molar refractivity (Wildman–Crippen MR) is 55.5 cm³/mol. The molecule has 1 rings (SSSR count). The van der Waals surface area contributed by atoms with Crippen LogP contribution in [0.4, 0.5) is 4.39 Å². The molecule has 0 aromatic carbocycles. The minimum atomic E-state index is -0.246. The topological polar surface area (TPSA) is 0 Å². The van der Waals surface area contributed by atoms with E-state index in [0.717, 1.165) is 24.3 Å². The number of hydrogen-bond donors (Lipinski definition) is 0. The van der Waals surface area contributed by atoms with E-state index in [1.165, 1.54) is 31.3 Å². The van der Waals surface area contributed by atoms with Crippen molar-refractivity contribution in [3.8, 4) is 0 Å². The average molecular weight is 184 g/mol. The first kappa shape index (κ1) is 10.7. The highest BCUT2D eigenvalue weighted by Crippen LogP contribution is 2.27. The Morgan fingerprint density at radius 2 is 2.08 bits per heavy atom. The van der Waals surface area contributed by atoms with Crippen LogP contribution in [0.5, 0.6) is 0 Å². The van der Waals surface area contributed by atoms with Crippen LogP contribution in [0.15, 0.2) is 11.1 Å². The van der Waals surface area contributed by atoms with E-state index < -0.39 is 0 Å². The van der Waals surface area contributed by atoms with E-state index in [9.17, 15) is 4.39 Å². The summed E-state index contributed by atoms with van der Waals surface area (Å²) in [4.78, 5) is 0. The van der Waals surface area contributed by atoms with Crippen LogP contribution in [0.3, 0.4) is 0 Å². The van der Waals surface area contributed by atoms with E-state index in [0.29, 0.717) is 0 Å². The first-order chi connectivity index (χ1) is 6.24. The quantitative estimate of drug-likeness (QED) is 0.534. The van der Waals surface area contributed by atoms with Gasteiger partial charge in [0.2, 0.25) is 0 Å². The zero-order valence-electron chi connectivity index (χ0n) is 8.91. The van der Waals surface area contributed by atoms with Crippen molar-refractivity contribution in [2.45, 2.75) is 52.4 Å². The van der Waals surface area contributed by atoms with Gasteiger partial charge in [-0.3, -0.25) is 0 Å². The van der Waals surface area contributed by atoms with E-state index in [1.807, 2.05) is 6.92 Å². The van der Waals surface area contributed by atoms with Crippen LogP contribution in [-0.2, 0) is 0 Å². The number of allylic oxidation sites excluding steroid dienone is 2. The summed E-state index contributed by atoms with van der Waals surface area (Å²) in [5, 5.41) is 0. The normalized spacial score (nSPS) is 29.3. The Bertz CT molecular complexity index is 182. The monoisotopic (exact) mass is 184 g/mol. The van der Waals surface area contributed by atoms with Crippen molar-refractivity contribution in [3.63, 3.8) is 0 Å². The van der Waals surface area contributed by atoms with Gasteiger partial charge in [0.05, 0.1) is 0 Å². The highest BCUT2D eigenvalue weighted by molar-refractivity contribution is 5.12. The molecule has 0 nitrogen and oxygen atoms in total. The Hall–Kier alpha value is -0.330. The Morgan fingerprint density at radius 3 is 2.77 bits per heavy atom. The third-order valence-electron chi connectivity index (χ3n) is 3.17. The number of rotatable bonds is 1. The van der Waals surface area contributed by atoms with Crippen molar-refractivity contribution in [1.29, 1.82) is 0 Å². The van der Waals surface area contributed by atoms with E-state index in [2.05, 4.69) is 6.92 Å². The maximum atomic E-state index is 12.4. The van der Waals surface area contributed by atoms with Gasteiger partial charge in [-0.25, -0.2) is 4.39 Å². The van der Waals surface area contributed by atoms with Gasteiger partial charge in [0, 0.05) is 0 Å². The third kappa shape index (κ3) is 3.50. The zero-order valence-corrected chi connectivity index (χ0v) is 8.91. The van der Waals surface area contributed by atoms with E-state index in [4.69, 9.17) is 0 Å². The molecule has 1 aliphatic carbocycles. The highest BCUT2D eigenvalue weighted by Gasteiger charge is 2.10. The Kier molecular flexibility index (Phi) is 4.47. The molecular formula is C12H21F. The summed E-state index contributed by atoms with van der Waals surface area (Å²) in [6.07, 6.45) is 7.48. The van der Waals surface area contributed by atoms with Gasteiger partial charge in [-0.05, 0) is 44.1 Å². The molecule has 0 spiro atoms. The summed E-state index contributed by atoms with van der Waals surface area (Å²) in [6.45, 7) is 4.01. The fraction of sp³-hybridized carbons (Fsp3) is 0.833. The lowest BCUT2D eigenvalue weighted by molar-refractivity contribution is 0.436. The largest absolute Gasteiger partial charge is 0.246 e. The van der Waals surface area contributed by atoms with Gasteiger partial charge in [-0.2, -0.15) is 0 Å². The van der Waals surface area contributed by atoms with Crippen molar-refractivity contribution in [2.24, 2.45) is 5.92 Å². The minimum absolute atomic E-state index is 0.246. The summed E-state index contributed by atoms with van der Waals surface area (Å²) in [5.41, 5.74) is 2.39. The average Bonchev–Trinajstić information content (AvgIpc) is 2.11. The number of alkyl halides is 1. The van der Waals surface area contributed by atoms with Crippen LogP contribution in [0, 0.1) is 5.92 Å². The first-order valence-electron chi connectivity index (χ1n) is 5.47. The third-order valence-corrected chi connectivity index (χ3v) is 3.17. The molecule has 0 heterocycles. The lowest BCUT2D eigenvalue weighted by Gasteiger charge is -2.18. The molecule has 1 heteroatoms. The summed E-state index contributed by atoms with van der Waals surface area (Å²) in [5.74, 6) is 0.836. The molecule has 76 valence electrons. The molecule has 1 aliphatic rings. The standard InChI is InChI=1S/C12H21F/c1-10-5-3-4-6-12(8-7-10)11(2)9-13/h10H,3-9H2,1-2H3/b12-11-. The molecule has 0 radical (unpaired) electrons. The maximum absolute atomic E-state index is 12.4. The second-order valence-corrected chi connectivity index (χ2v) is 4.41. The molecule has 1 saturated carbocycles. The Labute approximate surface area is 81.2 Å². The maximum Gasteiger partial charge on any atom is 0.111 e. The van der Waals surface area contributed by atoms with Crippen molar-refractivity contribution in [3.05, 3.63) is 11.1 Å². The second-order valence-electron chi connectivity index (χ2n) is 4.41. The van der Waals surface area contributed by atoms with Crippen LogP contribution < -0.4 is 0 Å². The molecule has 0 saturated heterocycles. The van der Waals surface area contributed by atoms with E-state index in [-0.39, 0.29) is 6.67 Å². The summed E-state index contributed by atoms with van der Waals surface area (Å²) in [7, 11) is 0. The SMILES string of the molecule is C/C(CF)=C1\CCCCC(C)CC1. The van der Waals surface area contributed by atoms with Crippen molar-refractivity contribution in [1.82, 2.24) is 0 Å². The first-order valence-corrected chi connectivity index (χ1v) is 5.47. The molecule has 0 N–H and O–H groups in total. The molecule has 0 bridgehead atoms. The second kappa shape index (κ2) is 5.41. The molecule has 0 aromatic heterocycles. The van der Waals surface area contributed by atoms with Crippen LogP contribution in [-0.4, -0.2) is 6.67 Å². The minimum Gasteiger partial charge on any atom is -0.246 e. The van der Waals surface area contributed by atoms with Gasteiger partial charge in [0.25, 0.3) is 0 Å². The van der Waals surface area contributed by atoms with Gasteiger partial charge in [0.15, 0.2) is 0 Å². The molecule has 1 fully saturated rings. The van der Waals surface area contributed by atoms with Gasteiger partial charge in [0.1, 0.15) is 6.67 Å². The Morgan fingerprint density at radius 1 is 1.31 bits per heavy atom. The Balaban J connectivity index is 2.55. The lowest BCUT2D eigenvalue weighted by atomic mass is 9.88. The van der Waals surface area contributed by atoms with Gasteiger partial charge >= 0.3 is 0 Å². The fourth-order valence-electron chi connectivity index (χ4n) is 2.04. The molecule has 1 unspecified atom stereocenters. The molecule has 0 amide bonds. The molecule has 0 aromatic rings. The lowest BCUT2D eigenvalue weighted by Crippen LogP contribution is -2.02. The van der Waals surface area contributed by atoms with Gasteiger partial charge in [-0.1, -0.05) is 25.3 Å². The predicted octanol–water partition coefficient (Wildman–Crippen LogP) is 4.26. The summed E-state index contributed by atoms with van der Waals surface area (Å²) >= 11 is 0. The molecule has 0 aliphatic heterocycles. The van der Waals surface area contributed by atoms with Crippen LogP contribution >= 0.6 is 0 Å². The summed E-state index contributed by atoms with van der Waals surface area (Å²) < 4.78 is 12.4.